The zero-order valence-corrected chi connectivity index (χ0v) is 17.8. The van der Waals surface area contributed by atoms with Gasteiger partial charge in [0.25, 0.3) is 0 Å². The lowest BCUT2D eigenvalue weighted by Crippen LogP contribution is -2.49. The molecular weight excluding hydrogens is 353 g/mol. The molecule has 2 aliphatic heterocycles. The highest BCUT2D eigenvalue weighted by Gasteiger charge is 2.46. The van der Waals surface area contributed by atoms with Crippen LogP contribution >= 0.6 is 0 Å². The van der Waals surface area contributed by atoms with Gasteiger partial charge in [0.1, 0.15) is 6.17 Å². The average Bonchev–Trinajstić information content (AvgIpc) is 3.12. The van der Waals surface area contributed by atoms with Crippen molar-refractivity contribution in [2.24, 2.45) is 23.7 Å². The highest BCUT2D eigenvalue weighted by Crippen LogP contribution is 2.39. The number of carbonyl (C=O) groups excluding carboxylic acids is 1. The number of rotatable bonds is 4. The van der Waals surface area contributed by atoms with Crippen LogP contribution in [0.1, 0.15) is 71.1 Å². The van der Waals surface area contributed by atoms with E-state index >= 15 is 0 Å². The van der Waals surface area contributed by atoms with E-state index in [0.717, 1.165) is 31.1 Å². The molecule has 4 fully saturated rings. The number of nitrogens with zero attached hydrogens (tertiary/aromatic N) is 1. The first-order valence-corrected chi connectivity index (χ1v) is 11.9. The molecule has 0 aromatic rings. The normalized spacial score (nSPS) is 44.8. The van der Waals surface area contributed by atoms with Crippen LogP contribution in [-0.2, 0) is 4.79 Å². The van der Waals surface area contributed by atoms with Crippen LogP contribution in [0.25, 0.3) is 0 Å². The second-order valence-electron chi connectivity index (χ2n) is 10.5. The number of fused-ring (bicyclic) bond motifs is 1. The summed E-state index contributed by atoms with van der Waals surface area (Å²) in [7, 11) is 2.24. The van der Waals surface area contributed by atoms with Crippen LogP contribution in [0, 0.1) is 23.7 Å². The maximum absolute atomic E-state index is 14.3. The Bertz CT molecular complexity index is 526. The molecule has 160 valence electrons. The highest BCUT2D eigenvalue weighted by atomic mass is 19.1. The first-order valence-electron chi connectivity index (χ1n) is 11.9. The number of alkyl halides is 1. The standard InChI is InChI=1S/C23H40FN3O/c1-15-8-9-20(24)19-13-21(26-22(15)19)23(28)25-18-7-3-5-16(12-18)11-17-6-4-10-27(2)14-17/h15-22,26H,3-14H2,1-2H3,(H,25,28). The molecule has 2 heterocycles. The molecule has 4 aliphatic rings. The van der Waals surface area contributed by atoms with Crippen LogP contribution in [0.3, 0.4) is 0 Å². The Kier molecular flexibility index (Phi) is 6.61. The maximum atomic E-state index is 14.3. The summed E-state index contributed by atoms with van der Waals surface area (Å²) < 4.78 is 14.3. The lowest BCUT2D eigenvalue weighted by atomic mass is 9.77. The van der Waals surface area contributed by atoms with E-state index in [1.807, 2.05) is 0 Å². The number of hydrogen-bond donors (Lipinski definition) is 2. The van der Waals surface area contributed by atoms with E-state index in [9.17, 15) is 9.18 Å². The third-order valence-corrected chi connectivity index (χ3v) is 8.17. The fraction of sp³-hybridized carbons (Fsp3) is 0.957. The smallest absolute Gasteiger partial charge is 0.237 e. The fourth-order valence-electron chi connectivity index (χ4n) is 6.68. The summed E-state index contributed by atoms with van der Waals surface area (Å²) in [4.78, 5) is 15.4. The monoisotopic (exact) mass is 393 g/mol. The number of carbonyl (C=O) groups is 1. The number of nitrogens with one attached hydrogen (secondary N) is 2. The molecule has 0 aromatic heterocycles. The molecule has 0 spiro atoms. The van der Waals surface area contributed by atoms with E-state index < -0.39 is 6.17 Å². The third-order valence-electron chi connectivity index (χ3n) is 8.17. The highest BCUT2D eigenvalue weighted by molar-refractivity contribution is 5.82. The molecule has 5 heteroatoms. The molecule has 1 amide bonds. The van der Waals surface area contributed by atoms with Crippen LogP contribution < -0.4 is 10.6 Å². The Balaban J connectivity index is 1.26. The van der Waals surface area contributed by atoms with E-state index in [4.69, 9.17) is 0 Å². The minimum Gasteiger partial charge on any atom is -0.352 e. The van der Waals surface area contributed by atoms with Gasteiger partial charge in [-0.1, -0.05) is 19.8 Å². The lowest BCUT2D eigenvalue weighted by Gasteiger charge is -2.36. The number of hydrogen-bond acceptors (Lipinski definition) is 3. The third kappa shape index (κ3) is 4.72. The zero-order chi connectivity index (χ0) is 19.7. The quantitative estimate of drug-likeness (QED) is 0.768. The molecule has 8 atom stereocenters. The maximum Gasteiger partial charge on any atom is 0.237 e. The van der Waals surface area contributed by atoms with Crippen molar-refractivity contribution in [3.05, 3.63) is 0 Å². The van der Waals surface area contributed by atoms with Gasteiger partial charge in [-0.25, -0.2) is 4.39 Å². The molecule has 8 unspecified atom stereocenters. The second-order valence-corrected chi connectivity index (χ2v) is 10.5. The van der Waals surface area contributed by atoms with E-state index in [1.165, 1.54) is 45.2 Å². The predicted molar refractivity (Wildman–Crippen MR) is 111 cm³/mol. The van der Waals surface area contributed by atoms with Crippen molar-refractivity contribution in [2.75, 3.05) is 20.1 Å². The van der Waals surface area contributed by atoms with Crippen molar-refractivity contribution in [2.45, 2.75) is 95.4 Å². The summed E-state index contributed by atoms with van der Waals surface area (Å²) in [5.41, 5.74) is 0. The van der Waals surface area contributed by atoms with Crippen molar-refractivity contribution in [3.8, 4) is 0 Å². The topological polar surface area (TPSA) is 44.4 Å². The molecule has 0 radical (unpaired) electrons. The summed E-state index contributed by atoms with van der Waals surface area (Å²) in [5, 5.41) is 6.83. The summed E-state index contributed by atoms with van der Waals surface area (Å²) >= 11 is 0. The summed E-state index contributed by atoms with van der Waals surface area (Å²) in [6, 6.07) is 0.304. The molecule has 2 N–H and O–H groups in total. The Morgan fingerprint density at radius 2 is 1.93 bits per heavy atom. The lowest BCUT2D eigenvalue weighted by molar-refractivity contribution is -0.124. The van der Waals surface area contributed by atoms with Crippen LogP contribution in [0.4, 0.5) is 4.39 Å². The molecule has 4 rings (SSSR count). The van der Waals surface area contributed by atoms with E-state index in [-0.39, 0.29) is 23.9 Å². The van der Waals surface area contributed by atoms with Gasteiger partial charge in [0.2, 0.25) is 5.91 Å². The van der Waals surface area contributed by atoms with Gasteiger partial charge in [-0.15, -0.1) is 0 Å². The van der Waals surface area contributed by atoms with Crippen molar-refractivity contribution in [3.63, 3.8) is 0 Å². The predicted octanol–water partition coefficient (Wildman–Crippen LogP) is 3.51. The molecule has 4 nitrogen and oxygen atoms in total. The second kappa shape index (κ2) is 8.99. The molecule has 28 heavy (non-hydrogen) atoms. The SMILES string of the molecule is CC1CCC(F)C2CC(C(=O)NC3CCCC(CC4CCCN(C)C4)C3)NC12. The van der Waals surface area contributed by atoms with E-state index in [1.54, 1.807) is 0 Å². The van der Waals surface area contributed by atoms with Gasteiger partial charge >= 0.3 is 0 Å². The Morgan fingerprint density at radius 1 is 1.11 bits per heavy atom. The summed E-state index contributed by atoms with van der Waals surface area (Å²) in [6.07, 6.45) is 10.3. The van der Waals surface area contributed by atoms with Gasteiger partial charge in [-0.2, -0.15) is 0 Å². The van der Waals surface area contributed by atoms with Crippen LogP contribution in [0.15, 0.2) is 0 Å². The summed E-state index contributed by atoms with van der Waals surface area (Å²) in [6.45, 7) is 4.69. The molecule has 2 saturated carbocycles. The van der Waals surface area contributed by atoms with Gasteiger partial charge in [0, 0.05) is 24.5 Å². The van der Waals surface area contributed by atoms with Crippen LogP contribution in [-0.4, -0.2) is 55.2 Å². The first-order chi connectivity index (χ1) is 13.5. The minimum absolute atomic E-state index is 0.0295. The molecular formula is C23H40FN3O. The zero-order valence-electron chi connectivity index (χ0n) is 17.8. The van der Waals surface area contributed by atoms with Crippen LogP contribution in [0.5, 0.6) is 0 Å². The van der Waals surface area contributed by atoms with Gasteiger partial charge < -0.3 is 15.5 Å². The minimum atomic E-state index is -0.737. The van der Waals surface area contributed by atoms with Gasteiger partial charge in [-0.05, 0) is 82.7 Å². The molecule has 2 aliphatic carbocycles. The number of likely N-dealkylation sites (tertiary alicyclic amines) is 1. The molecule has 0 bridgehead atoms. The largest absolute Gasteiger partial charge is 0.352 e. The number of halogens is 1. The number of piperidine rings is 1. The Morgan fingerprint density at radius 3 is 2.71 bits per heavy atom. The average molecular weight is 394 g/mol. The molecule has 0 aromatic carbocycles. The van der Waals surface area contributed by atoms with Gasteiger partial charge in [0.15, 0.2) is 0 Å². The van der Waals surface area contributed by atoms with Crippen molar-refractivity contribution in [1.82, 2.24) is 15.5 Å². The van der Waals surface area contributed by atoms with Crippen molar-refractivity contribution >= 4 is 5.91 Å². The first kappa shape index (κ1) is 20.6. The van der Waals surface area contributed by atoms with E-state index in [0.29, 0.717) is 24.8 Å². The Hall–Kier alpha value is -0.680. The number of amides is 1. The van der Waals surface area contributed by atoms with Crippen LogP contribution in [0.2, 0.25) is 0 Å². The molecule has 2 saturated heterocycles. The van der Waals surface area contributed by atoms with E-state index in [2.05, 4.69) is 29.5 Å². The summed E-state index contributed by atoms with van der Waals surface area (Å²) in [5.74, 6) is 2.21. The fourth-order valence-corrected chi connectivity index (χ4v) is 6.68. The van der Waals surface area contributed by atoms with Gasteiger partial charge in [-0.3, -0.25) is 4.79 Å². The Labute approximate surface area is 170 Å². The van der Waals surface area contributed by atoms with Crippen molar-refractivity contribution in [1.29, 1.82) is 0 Å². The van der Waals surface area contributed by atoms with Gasteiger partial charge in [0.05, 0.1) is 6.04 Å². The van der Waals surface area contributed by atoms with Crippen molar-refractivity contribution < 1.29 is 9.18 Å².